The molecule has 0 saturated heterocycles. The van der Waals surface area contributed by atoms with Crippen molar-refractivity contribution < 1.29 is 9.84 Å². The van der Waals surface area contributed by atoms with Crippen LogP contribution in [0.25, 0.3) is 0 Å². The number of nitrogens with one attached hydrogen (secondary N) is 2. The summed E-state index contributed by atoms with van der Waals surface area (Å²) in [6.07, 6.45) is 6.21. The molecule has 0 saturated carbocycles. The highest BCUT2D eigenvalue weighted by Crippen LogP contribution is 2.15. The third-order valence-corrected chi connectivity index (χ3v) is 3.99. The van der Waals surface area contributed by atoms with E-state index in [4.69, 9.17) is 9.73 Å². The van der Waals surface area contributed by atoms with E-state index in [1.54, 1.807) is 0 Å². The SMILES string of the molecule is CCNC(=NCC(CCO)CC(C)C)NCCC1=CCOCC1. The molecule has 5 heteroatoms. The maximum absolute atomic E-state index is 9.21. The van der Waals surface area contributed by atoms with Gasteiger partial charge in [0.25, 0.3) is 0 Å². The van der Waals surface area contributed by atoms with Crippen LogP contribution in [0.4, 0.5) is 0 Å². The van der Waals surface area contributed by atoms with Gasteiger partial charge in [0.2, 0.25) is 0 Å². The molecule has 0 radical (unpaired) electrons. The third-order valence-electron chi connectivity index (χ3n) is 3.99. The number of ether oxygens (including phenoxy) is 1. The predicted octanol–water partition coefficient (Wildman–Crippen LogP) is 2.32. The summed E-state index contributed by atoms with van der Waals surface area (Å²) in [5.74, 6) is 1.97. The molecule has 134 valence electrons. The van der Waals surface area contributed by atoms with Crippen LogP contribution in [0, 0.1) is 11.8 Å². The lowest BCUT2D eigenvalue weighted by atomic mass is 9.94. The molecule has 0 aromatic rings. The van der Waals surface area contributed by atoms with Crippen LogP contribution in [0.2, 0.25) is 0 Å². The summed E-state index contributed by atoms with van der Waals surface area (Å²) in [6, 6.07) is 0. The molecule has 1 unspecified atom stereocenters. The lowest BCUT2D eigenvalue weighted by Crippen LogP contribution is -2.38. The highest BCUT2D eigenvalue weighted by atomic mass is 16.5. The van der Waals surface area contributed by atoms with Crippen molar-refractivity contribution in [3.8, 4) is 0 Å². The molecular formula is C18H35N3O2. The van der Waals surface area contributed by atoms with Crippen molar-refractivity contribution in [3.05, 3.63) is 11.6 Å². The molecule has 5 nitrogen and oxygen atoms in total. The topological polar surface area (TPSA) is 65.9 Å². The molecule has 0 aromatic carbocycles. The van der Waals surface area contributed by atoms with E-state index in [-0.39, 0.29) is 6.61 Å². The lowest BCUT2D eigenvalue weighted by Gasteiger charge is -2.18. The van der Waals surface area contributed by atoms with E-state index in [9.17, 15) is 5.11 Å². The molecule has 3 N–H and O–H groups in total. The van der Waals surface area contributed by atoms with Gasteiger partial charge in [0.1, 0.15) is 0 Å². The molecule has 1 rings (SSSR count). The van der Waals surface area contributed by atoms with Gasteiger partial charge in [-0.15, -0.1) is 0 Å². The maximum atomic E-state index is 9.21. The zero-order valence-electron chi connectivity index (χ0n) is 15.1. The normalized spacial score (nSPS) is 17.1. The van der Waals surface area contributed by atoms with Gasteiger partial charge in [-0.1, -0.05) is 25.5 Å². The van der Waals surface area contributed by atoms with Gasteiger partial charge < -0.3 is 20.5 Å². The molecule has 1 aliphatic heterocycles. The zero-order chi connectivity index (χ0) is 16.9. The molecule has 0 bridgehead atoms. The van der Waals surface area contributed by atoms with Crippen LogP contribution in [0.15, 0.2) is 16.6 Å². The fourth-order valence-electron chi connectivity index (χ4n) is 2.83. The number of hydrogen-bond donors (Lipinski definition) is 3. The van der Waals surface area contributed by atoms with Crippen molar-refractivity contribution in [1.82, 2.24) is 10.6 Å². The van der Waals surface area contributed by atoms with Gasteiger partial charge in [-0.3, -0.25) is 4.99 Å². The van der Waals surface area contributed by atoms with Gasteiger partial charge in [-0.2, -0.15) is 0 Å². The Kier molecular flexibility index (Phi) is 10.7. The van der Waals surface area contributed by atoms with E-state index in [0.717, 1.165) is 64.5 Å². The number of aliphatic imine (C=N–C) groups is 1. The monoisotopic (exact) mass is 325 g/mol. The van der Waals surface area contributed by atoms with Crippen molar-refractivity contribution in [3.63, 3.8) is 0 Å². The first-order valence-corrected chi connectivity index (χ1v) is 9.04. The van der Waals surface area contributed by atoms with Gasteiger partial charge >= 0.3 is 0 Å². The van der Waals surface area contributed by atoms with Crippen molar-refractivity contribution in [1.29, 1.82) is 0 Å². The van der Waals surface area contributed by atoms with Crippen LogP contribution in [-0.2, 0) is 4.74 Å². The van der Waals surface area contributed by atoms with Gasteiger partial charge in [0.05, 0.1) is 13.2 Å². The summed E-state index contributed by atoms with van der Waals surface area (Å²) in [6.45, 7) is 10.9. The minimum Gasteiger partial charge on any atom is -0.396 e. The van der Waals surface area contributed by atoms with Gasteiger partial charge in [-0.05, 0) is 44.4 Å². The fraction of sp³-hybridized carbons (Fsp3) is 0.833. The second-order valence-corrected chi connectivity index (χ2v) is 6.59. The van der Waals surface area contributed by atoms with Crippen LogP contribution in [0.3, 0.4) is 0 Å². The first-order chi connectivity index (χ1) is 11.2. The molecule has 0 amide bonds. The summed E-state index contributed by atoms with van der Waals surface area (Å²) in [4.78, 5) is 4.71. The van der Waals surface area contributed by atoms with Crippen molar-refractivity contribution in [2.24, 2.45) is 16.8 Å². The Hall–Kier alpha value is -1.07. The highest BCUT2D eigenvalue weighted by molar-refractivity contribution is 5.79. The standard InChI is InChI=1S/C18H35N3O2/c1-4-19-18(20-9-5-16-7-11-23-12-8-16)21-14-17(6-10-22)13-15(2)3/h7,15,17,22H,4-6,8-14H2,1-3H3,(H2,19,20,21). The van der Waals surface area contributed by atoms with Gasteiger partial charge in [0, 0.05) is 26.2 Å². The Morgan fingerprint density at radius 1 is 1.39 bits per heavy atom. The van der Waals surface area contributed by atoms with E-state index in [2.05, 4.69) is 37.5 Å². The molecule has 0 spiro atoms. The third kappa shape index (κ3) is 9.61. The summed E-state index contributed by atoms with van der Waals surface area (Å²) >= 11 is 0. The summed E-state index contributed by atoms with van der Waals surface area (Å²) < 4.78 is 5.33. The Balaban J connectivity index is 2.42. The molecule has 0 aromatic heterocycles. The second-order valence-electron chi connectivity index (χ2n) is 6.59. The summed E-state index contributed by atoms with van der Waals surface area (Å²) in [5, 5.41) is 15.9. The maximum Gasteiger partial charge on any atom is 0.191 e. The smallest absolute Gasteiger partial charge is 0.191 e. The molecule has 1 aliphatic rings. The van der Waals surface area contributed by atoms with Gasteiger partial charge in [-0.25, -0.2) is 0 Å². The Morgan fingerprint density at radius 2 is 2.22 bits per heavy atom. The number of rotatable bonds is 10. The first kappa shape index (κ1) is 20.0. The number of guanidine groups is 1. The minimum absolute atomic E-state index is 0.243. The molecule has 0 aliphatic carbocycles. The van der Waals surface area contributed by atoms with Crippen LogP contribution < -0.4 is 10.6 Å². The van der Waals surface area contributed by atoms with E-state index >= 15 is 0 Å². The fourth-order valence-corrected chi connectivity index (χ4v) is 2.83. The van der Waals surface area contributed by atoms with Crippen LogP contribution in [0.5, 0.6) is 0 Å². The zero-order valence-corrected chi connectivity index (χ0v) is 15.1. The average Bonchev–Trinajstić information content (AvgIpc) is 2.53. The Bertz CT molecular complexity index is 367. The average molecular weight is 325 g/mol. The number of aliphatic hydroxyl groups is 1. The molecular weight excluding hydrogens is 290 g/mol. The minimum atomic E-state index is 0.243. The van der Waals surface area contributed by atoms with Crippen LogP contribution >= 0.6 is 0 Å². The summed E-state index contributed by atoms with van der Waals surface area (Å²) in [7, 11) is 0. The largest absolute Gasteiger partial charge is 0.396 e. The number of aliphatic hydroxyl groups excluding tert-OH is 1. The van der Waals surface area contributed by atoms with Crippen LogP contribution in [0.1, 0.15) is 46.5 Å². The number of hydrogen-bond acceptors (Lipinski definition) is 3. The Morgan fingerprint density at radius 3 is 2.83 bits per heavy atom. The molecule has 0 fully saturated rings. The molecule has 1 heterocycles. The lowest BCUT2D eigenvalue weighted by molar-refractivity contribution is 0.153. The molecule has 1 atom stereocenters. The van der Waals surface area contributed by atoms with Crippen LogP contribution in [-0.4, -0.2) is 50.5 Å². The van der Waals surface area contributed by atoms with E-state index < -0.39 is 0 Å². The molecule has 23 heavy (non-hydrogen) atoms. The van der Waals surface area contributed by atoms with Crippen molar-refractivity contribution in [2.45, 2.75) is 46.5 Å². The van der Waals surface area contributed by atoms with E-state index in [0.29, 0.717) is 11.8 Å². The Labute approximate surface area is 141 Å². The van der Waals surface area contributed by atoms with E-state index in [1.165, 1.54) is 5.57 Å². The second kappa shape index (κ2) is 12.4. The van der Waals surface area contributed by atoms with Crippen molar-refractivity contribution in [2.75, 3.05) is 39.5 Å². The predicted molar refractivity (Wildman–Crippen MR) is 96.8 cm³/mol. The first-order valence-electron chi connectivity index (χ1n) is 9.04. The van der Waals surface area contributed by atoms with Crippen molar-refractivity contribution >= 4 is 5.96 Å². The summed E-state index contributed by atoms with van der Waals surface area (Å²) in [5.41, 5.74) is 1.47. The number of nitrogens with zero attached hydrogens (tertiary/aromatic N) is 1. The van der Waals surface area contributed by atoms with Gasteiger partial charge in [0.15, 0.2) is 5.96 Å². The quantitative estimate of drug-likeness (QED) is 0.328. The highest BCUT2D eigenvalue weighted by Gasteiger charge is 2.11. The van der Waals surface area contributed by atoms with E-state index in [1.807, 2.05) is 0 Å².